The van der Waals surface area contributed by atoms with E-state index in [2.05, 4.69) is 19.9 Å². The fraction of sp³-hybridized carbons (Fsp3) is 0.500. The van der Waals surface area contributed by atoms with Gasteiger partial charge in [-0.15, -0.1) is 11.8 Å². The predicted octanol–water partition coefficient (Wildman–Crippen LogP) is 3.49. The van der Waals surface area contributed by atoms with Gasteiger partial charge < -0.3 is 5.11 Å². The molecule has 1 nitrogen and oxygen atoms in total. The number of aliphatic hydroxyl groups is 1. The van der Waals surface area contributed by atoms with Crippen molar-refractivity contribution in [1.29, 1.82) is 0 Å². The smallest absolute Gasteiger partial charge is 0.0772 e. The van der Waals surface area contributed by atoms with Crippen molar-refractivity contribution >= 4 is 11.8 Å². The molecule has 2 heteroatoms. The van der Waals surface area contributed by atoms with Crippen molar-refractivity contribution in [1.82, 2.24) is 0 Å². The van der Waals surface area contributed by atoms with Crippen LogP contribution in [0.4, 0.5) is 0 Å². The zero-order valence-corrected chi connectivity index (χ0v) is 9.84. The molecule has 0 saturated carbocycles. The summed E-state index contributed by atoms with van der Waals surface area (Å²) in [6.45, 7) is 6.23. The van der Waals surface area contributed by atoms with Crippen LogP contribution in [-0.4, -0.2) is 10.9 Å². The number of aliphatic hydroxyl groups excluding tert-OH is 1. The van der Waals surface area contributed by atoms with Crippen molar-refractivity contribution in [2.75, 3.05) is 5.75 Å². The first-order valence-corrected chi connectivity index (χ1v) is 5.99. The fourth-order valence-electron chi connectivity index (χ4n) is 1.21. The Hall–Kier alpha value is -0.470. The third kappa shape index (κ3) is 3.35. The lowest BCUT2D eigenvalue weighted by atomic mass is 10.1. The van der Waals surface area contributed by atoms with Crippen molar-refractivity contribution in [2.45, 2.75) is 31.8 Å². The molecular weight excluding hydrogens is 192 g/mol. The molecule has 0 aliphatic heterocycles. The maximum Gasteiger partial charge on any atom is 0.0772 e. The topological polar surface area (TPSA) is 20.2 Å². The van der Waals surface area contributed by atoms with Crippen LogP contribution in [0.2, 0.25) is 0 Å². The molecule has 1 unspecified atom stereocenters. The van der Waals surface area contributed by atoms with Gasteiger partial charge in [0.2, 0.25) is 0 Å². The van der Waals surface area contributed by atoms with Crippen molar-refractivity contribution in [3.8, 4) is 0 Å². The van der Waals surface area contributed by atoms with E-state index >= 15 is 0 Å². The Morgan fingerprint density at radius 1 is 1.21 bits per heavy atom. The van der Waals surface area contributed by atoms with Crippen LogP contribution in [-0.2, 0) is 0 Å². The first-order chi connectivity index (χ1) is 6.61. The molecule has 0 fully saturated rings. The normalized spacial score (nSPS) is 13.2. The van der Waals surface area contributed by atoms with Gasteiger partial charge in [0.25, 0.3) is 0 Å². The highest BCUT2D eigenvalue weighted by Crippen LogP contribution is 2.28. The van der Waals surface area contributed by atoms with Gasteiger partial charge in [-0.1, -0.05) is 32.0 Å². The predicted molar refractivity (Wildman–Crippen MR) is 62.6 cm³/mol. The summed E-state index contributed by atoms with van der Waals surface area (Å²) in [4.78, 5) is 1.20. The second-order valence-electron chi connectivity index (χ2n) is 3.92. The van der Waals surface area contributed by atoms with Gasteiger partial charge in [-0.3, -0.25) is 0 Å². The molecule has 0 heterocycles. The molecule has 0 spiro atoms. The highest BCUT2D eigenvalue weighted by atomic mass is 32.2. The van der Waals surface area contributed by atoms with Crippen LogP contribution >= 0.6 is 11.8 Å². The Morgan fingerprint density at radius 3 is 2.43 bits per heavy atom. The van der Waals surface area contributed by atoms with Gasteiger partial charge in [0.1, 0.15) is 0 Å². The third-order valence-electron chi connectivity index (χ3n) is 1.94. The third-order valence-corrected chi connectivity index (χ3v) is 3.46. The van der Waals surface area contributed by atoms with Crippen LogP contribution in [0.5, 0.6) is 0 Å². The minimum atomic E-state index is -0.370. The summed E-state index contributed by atoms with van der Waals surface area (Å²) in [5.41, 5.74) is 1.04. The summed E-state index contributed by atoms with van der Waals surface area (Å²) in [5.74, 6) is 1.78. The van der Waals surface area contributed by atoms with Gasteiger partial charge in [0.15, 0.2) is 0 Å². The van der Waals surface area contributed by atoms with Crippen LogP contribution in [0, 0.1) is 5.92 Å². The van der Waals surface area contributed by atoms with E-state index in [-0.39, 0.29) is 6.10 Å². The minimum Gasteiger partial charge on any atom is -0.389 e. The van der Waals surface area contributed by atoms with E-state index in [1.165, 1.54) is 4.90 Å². The Balaban J connectivity index is 2.74. The summed E-state index contributed by atoms with van der Waals surface area (Å²) in [6, 6.07) is 8.07. The lowest BCUT2D eigenvalue weighted by molar-refractivity contribution is 0.196. The van der Waals surface area contributed by atoms with E-state index in [0.717, 1.165) is 11.3 Å². The Kier molecular flexibility index (Phi) is 4.49. The van der Waals surface area contributed by atoms with E-state index in [9.17, 15) is 5.11 Å². The Bertz CT molecular complexity index is 281. The van der Waals surface area contributed by atoms with Gasteiger partial charge in [-0.25, -0.2) is 0 Å². The molecule has 0 aliphatic rings. The molecule has 1 N–H and O–H groups in total. The molecule has 0 saturated heterocycles. The number of rotatable bonds is 4. The maximum absolute atomic E-state index is 9.56. The molecule has 1 atom stereocenters. The molecule has 14 heavy (non-hydrogen) atoms. The number of hydrogen-bond acceptors (Lipinski definition) is 2. The molecule has 0 aromatic heterocycles. The lowest BCUT2D eigenvalue weighted by Crippen LogP contribution is -1.96. The molecule has 78 valence electrons. The summed E-state index contributed by atoms with van der Waals surface area (Å²) in [6.07, 6.45) is -0.370. The van der Waals surface area contributed by atoms with Gasteiger partial charge in [-0.2, -0.15) is 0 Å². The second kappa shape index (κ2) is 5.42. The van der Waals surface area contributed by atoms with Gasteiger partial charge in [-0.05, 0) is 24.5 Å². The highest BCUT2D eigenvalue weighted by Gasteiger charge is 2.07. The Morgan fingerprint density at radius 2 is 1.86 bits per heavy atom. The fourth-order valence-corrected chi connectivity index (χ4v) is 2.31. The van der Waals surface area contributed by atoms with Crippen molar-refractivity contribution in [3.05, 3.63) is 29.8 Å². The van der Waals surface area contributed by atoms with Gasteiger partial charge in [0, 0.05) is 10.6 Å². The van der Waals surface area contributed by atoms with Gasteiger partial charge >= 0.3 is 0 Å². The van der Waals surface area contributed by atoms with E-state index in [1.807, 2.05) is 36.9 Å². The molecule has 0 aliphatic carbocycles. The maximum atomic E-state index is 9.56. The molecule has 1 rings (SSSR count). The largest absolute Gasteiger partial charge is 0.389 e. The molecule has 0 amide bonds. The summed E-state index contributed by atoms with van der Waals surface area (Å²) in [5, 5.41) is 9.56. The van der Waals surface area contributed by atoms with Gasteiger partial charge in [0.05, 0.1) is 6.10 Å². The van der Waals surface area contributed by atoms with Crippen molar-refractivity contribution < 1.29 is 5.11 Å². The zero-order chi connectivity index (χ0) is 10.6. The second-order valence-corrected chi connectivity index (χ2v) is 4.98. The number of hydrogen-bond donors (Lipinski definition) is 1. The minimum absolute atomic E-state index is 0.370. The SMILES string of the molecule is CC(C)CSc1ccccc1C(C)O. The number of thioether (sulfide) groups is 1. The average molecular weight is 210 g/mol. The quantitative estimate of drug-likeness (QED) is 0.768. The van der Waals surface area contributed by atoms with Crippen LogP contribution in [0.3, 0.4) is 0 Å². The van der Waals surface area contributed by atoms with E-state index in [1.54, 1.807) is 0 Å². The molecule has 1 aromatic carbocycles. The first-order valence-electron chi connectivity index (χ1n) is 5.01. The molecule has 0 bridgehead atoms. The molecular formula is C12H18OS. The highest BCUT2D eigenvalue weighted by molar-refractivity contribution is 7.99. The lowest BCUT2D eigenvalue weighted by Gasteiger charge is -2.12. The van der Waals surface area contributed by atoms with E-state index < -0.39 is 0 Å². The van der Waals surface area contributed by atoms with Crippen LogP contribution in [0.25, 0.3) is 0 Å². The van der Waals surface area contributed by atoms with Crippen molar-refractivity contribution in [2.24, 2.45) is 5.92 Å². The van der Waals surface area contributed by atoms with E-state index in [4.69, 9.17) is 0 Å². The summed E-state index contributed by atoms with van der Waals surface area (Å²) in [7, 11) is 0. The van der Waals surface area contributed by atoms with Crippen molar-refractivity contribution in [3.63, 3.8) is 0 Å². The van der Waals surface area contributed by atoms with Crippen LogP contribution in [0.15, 0.2) is 29.2 Å². The average Bonchev–Trinajstić information content (AvgIpc) is 2.15. The van der Waals surface area contributed by atoms with Crippen LogP contribution in [0.1, 0.15) is 32.4 Å². The summed E-state index contributed by atoms with van der Waals surface area (Å²) < 4.78 is 0. The molecule has 1 aromatic rings. The summed E-state index contributed by atoms with van der Waals surface area (Å²) >= 11 is 1.82. The van der Waals surface area contributed by atoms with Crippen LogP contribution < -0.4 is 0 Å². The number of benzene rings is 1. The standard InChI is InChI=1S/C12H18OS/c1-9(2)8-14-12-7-5-4-6-11(12)10(3)13/h4-7,9-10,13H,8H2,1-3H3. The molecule has 0 radical (unpaired) electrons. The first kappa shape index (κ1) is 11.6. The Labute approximate surface area is 90.5 Å². The monoisotopic (exact) mass is 210 g/mol. The zero-order valence-electron chi connectivity index (χ0n) is 9.03. The van der Waals surface area contributed by atoms with E-state index in [0.29, 0.717) is 5.92 Å².